The van der Waals surface area contributed by atoms with Crippen LogP contribution in [0.2, 0.25) is 0 Å². The smallest absolute Gasteiger partial charge is 0.264 e. The van der Waals surface area contributed by atoms with E-state index in [0.717, 1.165) is 0 Å². The number of nitrogens with two attached hydrogens (primary N) is 1. The molecule has 0 amide bonds. The Morgan fingerprint density at radius 1 is 1.14 bits per heavy atom. The predicted octanol–water partition coefficient (Wildman–Crippen LogP) is 2.80. The maximum absolute atomic E-state index is 13.5. The van der Waals surface area contributed by atoms with Crippen LogP contribution in [0.3, 0.4) is 0 Å². The maximum atomic E-state index is 13.5. The van der Waals surface area contributed by atoms with Gasteiger partial charge in [0.2, 0.25) is 0 Å². The Bertz CT molecular complexity index is 787. The molecule has 0 heterocycles. The van der Waals surface area contributed by atoms with Crippen molar-refractivity contribution in [3.05, 3.63) is 53.3 Å². The molecule has 0 unspecified atom stereocenters. The van der Waals surface area contributed by atoms with Crippen LogP contribution < -0.4 is 10.5 Å². The molecule has 0 radical (unpaired) electrons. The number of hydrogen-bond acceptors (Lipinski definition) is 3. The molecule has 2 aromatic carbocycles. The van der Waals surface area contributed by atoms with E-state index in [1.54, 1.807) is 10.8 Å². The average molecular weight is 316 g/mol. The third kappa shape index (κ3) is 2.94. The van der Waals surface area contributed by atoms with Gasteiger partial charge in [-0.1, -0.05) is 12.1 Å². The van der Waals surface area contributed by atoms with E-state index >= 15 is 0 Å². The Hall–Kier alpha value is -2.22. The van der Waals surface area contributed by atoms with Gasteiger partial charge >= 0.3 is 0 Å². The molecule has 0 saturated carbocycles. The lowest BCUT2D eigenvalue weighted by Crippen LogP contribution is -2.17. The summed E-state index contributed by atoms with van der Waals surface area (Å²) in [6, 6.07) is 5.25. The van der Waals surface area contributed by atoms with E-state index in [1.165, 1.54) is 19.1 Å². The second-order valence-corrected chi connectivity index (χ2v) is 5.97. The molecule has 0 aromatic heterocycles. The van der Waals surface area contributed by atoms with Crippen LogP contribution in [0, 0.1) is 24.4 Å². The first-order valence-corrected chi connectivity index (χ1v) is 7.23. The van der Waals surface area contributed by atoms with E-state index in [4.69, 9.17) is 5.73 Å². The topological polar surface area (TPSA) is 72.2 Å². The lowest BCUT2D eigenvalue weighted by Gasteiger charge is -2.13. The average Bonchev–Trinajstić information content (AvgIpc) is 2.34. The predicted molar refractivity (Wildman–Crippen MR) is 72.7 cm³/mol. The molecule has 0 spiro atoms. The van der Waals surface area contributed by atoms with Crippen molar-refractivity contribution in [2.75, 3.05) is 10.5 Å². The molecule has 4 nitrogen and oxygen atoms in total. The summed E-state index contributed by atoms with van der Waals surface area (Å²) in [5, 5.41) is 0. The Morgan fingerprint density at radius 2 is 1.81 bits per heavy atom. The molecular formula is C13H11F3N2O2S. The van der Waals surface area contributed by atoms with Crippen molar-refractivity contribution in [1.29, 1.82) is 0 Å². The van der Waals surface area contributed by atoms with Crippen LogP contribution in [0.1, 0.15) is 5.56 Å². The van der Waals surface area contributed by atoms with Gasteiger partial charge in [0.05, 0.1) is 11.4 Å². The van der Waals surface area contributed by atoms with E-state index in [-0.39, 0.29) is 10.6 Å². The lowest BCUT2D eigenvalue weighted by atomic mass is 10.2. The minimum Gasteiger partial charge on any atom is -0.398 e. The van der Waals surface area contributed by atoms with Gasteiger partial charge in [0, 0.05) is 12.1 Å². The number of aryl methyl sites for hydroxylation is 1. The van der Waals surface area contributed by atoms with Gasteiger partial charge in [0.25, 0.3) is 10.0 Å². The Morgan fingerprint density at radius 3 is 2.43 bits per heavy atom. The van der Waals surface area contributed by atoms with Gasteiger partial charge in [-0.05, 0) is 18.6 Å². The minimum atomic E-state index is -4.28. The second-order valence-electron chi connectivity index (χ2n) is 4.35. The van der Waals surface area contributed by atoms with Crippen molar-refractivity contribution in [2.45, 2.75) is 11.8 Å². The molecule has 8 heteroatoms. The Balaban J connectivity index is 2.53. The molecule has 0 atom stereocenters. The van der Waals surface area contributed by atoms with Crippen molar-refractivity contribution < 1.29 is 21.6 Å². The van der Waals surface area contributed by atoms with Crippen molar-refractivity contribution >= 4 is 21.4 Å². The maximum Gasteiger partial charge on any atom is 0.264 e. The van der Waals surface area contributed by atoms with E-state index in [9.17, 15) is 21.6 Å². The molecule has 0 fully saturated rings. The largest absolute Gasteiger partial charge is 0.398 e. The van der Waals surface area contributed by atoms with Crippen molar-refractivity contribution in [2.24, 2.45) is 0 Å². The van der Waals surface area contributed by atoms with Gasteiger partial charge in [0.15, 0.2) is 11.6 Å². The highest BCUT2D eigenvalue weighted by Crippen LogP contribution is 2.27. The highest BCUT2D eigenvalue weighted by atomic mass is 32.2. The van der Waals surface area contributed by atoms with Gasteiger partial charge in [-0.2, -0.15) is 0 Å². The Kier molecular flexibility index (Phi) is 3.82. The number of rotatable bonds is 3. The van der Waals surface area contributed by atoms with Crippen LogP contribution in [0.4, 0.5) is 24.5 Å². The van der Waals surface area contributed by atoms with E-state index < -0.39 is 33.2 Å². The first-order chi connectivity index (χ1) is 9.72. The van der Waals surface area contributed by atoms with Crippen molar-refractivity contribution in [1.82, 2.24) is 0 Å². The molecule has 2 rings (SSSR count). The van der Waals surface area contributed by atoms with Gasteiger partial charge in [-0.25, -0.2) is 21.6 Å². The number of anilines is 2. The second kappa shape index (κ2) is 5.28. The standard InChI is InChI=1S/C13H11F3N2O2S/c1-7-3-2-4-10(17)13(7)21(19,20)18-11-6-8(14)5-9(15)12(11)16/h2-6,18H,17H2,1H3. The molecular weight excluding hydrogens is 305 g/mol. The summed E-state index contributed by atoms with van der Waals surface area (Å²) in [5.74, 6) is -4.10. The summed E-state index contributed by atoms with van der Waals surface area (Å²) >= 11 is 0. The summed E-state index contributed by atoms with van der Waals surface area (Å²) in [6.07, 6.45) is 0. The zero-order valence-electron chi connectivity index (χ0n) is 10.8. The molecule has 2 aromatic rings. The summed E-state index contributed by atoms with van der Waals surface area (Å²) in [4.78, 5) is -0.269. The summed E-state index contributed by atoms with van der Waals surface area (Å²) in [6.45, 7) is 1.49. The molecule has 112 valence electrons. The highest BCUT2D eigenvalue weighted by Gasteiger charge is 2.23. The van der Waals surface area contributed by atoms with Crippen LogP contribution in [-0.4, -0.2) is 8.42 Å². The normalized spacial score (nSPS) is 11.4. The molecule has 0 aliphatic heterocycles. The van der Waals surface area contributed by atoms with Crippen LogP contribution >= 0.6 is 0 Å². The Labute approximate surface area is 119 Å². The van der Waals surface area contributed by atoms with Crippen molar-refractivity contribution in [3.8, 4) is 0 Å². The van der Waals surface area contributed by atoms with Gasteiger partial charge in [-0.3, -0.25) is 4.72 Å². The molecule has 0 bridgehead atoms. The third-order valence-corrected chi connectivity index (χ3v) is 4.33. The number of nitrogen functional groups attached to an aromatic ring is 1. The van der Waals surface area contributed by atoms with Crippen LogP contribution in [-0.2, 0) is 10.0 Å². The summed E-state index contributed by atoms with van der Waals surface area (Å²) in [5.41, 5.74) is 5.04. The van der Waals surface area contributed by atoms with E-state index in [0.29, 0.717) is 17.7 Å². The van der Waals surface area contributed by atoms with Gasteiger partial charge < -0.3 is 5.73 Å². The zero-order chi connectivity index (χ0) is 15.8. The van der Waals surface area contributed by atoms with Crippen LogP contribution in [0.25, 0.3) is 0 Å². The van der Waals surface area contributed by atoms with Crippen LogP contribution in [0.5, 0.6) is 0 Å². The SMILES string of the molecule is Cc1cccc(N)c1S(=O)(=O)Nc1cc(F)cc(F)c1F. The monoisotopic (exact) mass is 316 g/mol. The third-order valence-electron chi connectivity index (χ3n) is 2.75. The molecule has 0 saturated heterocycles. The first kappa shape index (κ1) is 15.2. The number of hydrogen-bond donors (Lipinski definition) is 2. The van der Waals surface area contributed by atoms with E-state index in [1.807, 2.05) is 0 Å². The van der Waals surface area contributed by atoms with E-state index in [2.05, 4.69) is 0 Å². The van der Waals surface area contributed by atoms with Crippen molar-refractivity contribution in [3.63, 3.8) is 0 Å². The minimum absolute atomic E-state index is 0.0558. The molecule has 0 aliphatic carbocycles. The fourth-order valence-electron chi connectivity index (χ4n) is 1.87. The molecule has 3 N–H and O–H groups in total. The lowest BCUT2D eigenvalue weighted by molar-refractivity contribution is 0.498. The first-order valence-electron chi connectivity index (χ1n) is 5.75. The van der Waals surface area contributed by atoms with Gasteiger partial charge in [0.1, 0.15) is 10.7 Å². The quantitative estimate of drug-likeness (QED) is 0.675. The summed E-state index contributed by atoms with van der Waals surface area (Å²) < 4.78 is 65.9. The fraction of sp³-hybridized carbons (Fsp3) is 0.0769. The number of halogens is 3. The van der Waals surface area contributed by atoms with Gasteiger partial charge in [-0.15, -0.1) is 0 Å². The molecule has 0 aliphatic rings. The fourth-order valence-corrected chi connectivity index (χ4v) is 3.28. The van der Waals surface area contributed by atoms with Crippen LogP contribution in [0.15, 0.2) is 35.2 Å². The molecule has 21 heavy (non-hydrogen) atoms. The summed E-state index contributed by atoms with van der Waals surface area (Å²) in [7, 11) is -4.28. The highest BCUT2D eigenvalue weighted by molar-refractivity contribution is 7.93. The number of sulfonamides is 1. The number of nitrogens with one attached hydrogen (secondary N) is 1. The zero-order valence-corrected chi connectivity index (χ0v) is 11.6. The number of benzene rings is 2.